The first-order valence-electron chi connectivity index (χ1n) is 7.20. The summed E-state index contributed by atoms with van der Waals surface area (Å²) in [4.78, 5) is 13.7. The highest BCUT2D eigenvalue weighted by Crippen LogP contribution is 2.23. The molecule has 2 aromatic rings. The van der Waals surface area contributed by atoms with Gasteiger partial charge in [-0.15, -0.1) is 0 Å². The van der Waals surface area contributed by atoms with Crippen molar-refractivity contribution < 1.29 is 14.1 Å². The van der Waals surface area contributed by atoms with Crippen molar-refractivity contribution in [2.24, 2.45) is 0 Å². The minimum atomic E-state index is 0.0530. The number of ketones is 1. The Morgan fingerprint density at radius 3 is 2.59 bits per heavy atom. The molecule has 0 aliphatic heterocycles. The van der Waals surface area contributed by atoms with Crippen molar-refractivity contribution in [2.45, 2.75) is 33.9 Å². The Morgan fingerprint density at radius 2 is 2.05 bits per heavy atom. The highest BCUT2D eigenvalue weighted by molar-refractivity contribution is 5.94. The number of hydrogen-bond donors (Lipinski definition) is 0. The number of rotatable bonds is 6. The summed E-state index contributed by atoms with van der Waals surface area (Å²) in [5, 5.41) is 3.98. The maximum absolute atomic E-state index is 11.6. The van der Waals surface area contributed by atoms with E-state index in [4.69, 9.17) is 9.26 Å². The zero-order valence-corrected chi connectivity index (χ0v) is 13.8. The number of hydrogen-bond acceptors (Lipinski definition) is 5. The number of aryl methyl sites for hydroxylation is 2. The Bertz CT molecular complexity index is 657. The van der Waals surface area contributed by atoms with Gasteiger partial charge in [-0.05, 0) is 46.0 Å². The Balaban J connectivity index is 2.18. The van der Waals surface area contributed by atoms with Crippen molar-refractivity contribution in [3.63, 3.8) is 0 Å². The van der Waals surface area contributed by atoms with Crippen molar-refractivity contribution in [2.75, 3.05) is 14.2 Å². The molecule has 0 saturated heterocycles. The molecule has 1 aromatic carbocycles. The zero-order chi connectivity index (χ0) is 16.3. The number of benzene rings is 1. The largest absolute Gasteiger partial charge is 0.496 e. The lowest BCUT2D eigenvalue weighted by atomic mass is 10.1. The van der Waals surface area contributed by atoms with Crippen LogP contribution in [0.15, 0.2) is 22.7 Å². The fourth-order valence-electron chi connectivity index (χ4n) is 2.47. The van der Waals surface area contributed by atoms with Crippen molar-refractivity contribution >= 4 is 5.78 Å². The molecule has 0 saturated carbocycles. The third kappa shape index (κ3) is 3.54. The van der Waals surface area contributed by atoms with Crippen LogP contribution < -0.4 is 4.74 Å². The molecule has 0 spiro atoms. The topological polar surface area (TPSA) is 55.6 Å². The Hall–Kier alpha value is -2.14. The van der Waals surface area contributed by atoms with Crippen LogP contribution in [0, 0.1) is 13.8 Å². The first-order chi connectivity index (χ1) is 10.4. The van der Waals surface area contributed by atoms with E-state index in [-0.39, 0.29) is 5.78 Å². The van der Waals surface area contributed by atoms with E-state index in [1.165, 1.54) is 0 Å². The van der Waals surface area contributed by atoms with Gasteiger partial charge in [-0.25, -0.2) is 0 Å². The van der Waals surface area contributed by atoms with E-state index in [0.717, 1.165) is 34.9 Å². The number of ether oxygens (including phenoxy) is 1. The van der Waals surface area contributed by atoms with Gasteiger partial charge in [0.1, 0.15) is 11.5 Å². The number of carbonyl (C=O) groups is 1. The Kier molecular flexibility index (Phi) is 4.98. The molecule has 0 aliphatic rings. The molecule has 0 bridgehead atoms. The number of methoxy groups -OCH3 is 1. The molecule has 0 atom stereocenters. The van der Waals surface area contributed by atoms with Crippen LogP contribution in [0.2, 0.25) is 0 Å². The second-order valence-corrected chi connectivity index (χ2v) is 5.56. The zero-order valence-electron chi connectivity index (χ0n) is 13.8. The second kappa shape index (κ2) is 6.75. The van der Waals surface area contributed by atoms with Crippen LogP contribution in [0.4, 0.5) is 0 Å². The van der Waals surface area contributed by atoms with E-state index < -0.39 is 0 Å². The van der Waals surface area contributed by atoms with Crippen LogP contribution in [-0.2, 0) is 13.1 Å². The molecule has 0 N–H and O–H groups in total. The van der Waals surface area contributed by atoms with Crippen LogP contribution in [0.1, 0.15) is 39.9 Å². The monoisotopic (exact) mass is 302 g/mol. The minimum Gasteiger partial charge on any atom is -0.496 e. The fraction of sp³-hybridized carbons (Fsp3) is 0.412. The number of Topliss-reactive ketones (excluding diaryl/α,β-unsaturated/α-hetero) is 1. The molecular weight excluding hydrogens is 280 g/mol. The van der Waals surface area contributed by atoms with Crippen LogP contribution in [0.25, 0.3) is 0 Å². The van der Waals surface area contributed by atoms with E-state index >= 15 is 0 Å². The van der Waals surface area contributed by atoms with Crippen LogP contribution in [0.5, 0.6) is 5.75 Å². The molecule has 1 aromatic heterocycles. The van der Waals surface area contributed by atoms with Crippen LogP contribution in [0.3, 0.4) is 0 Å². The third-order valence-electron chi connectivity index (χ3n) is 3.74. The molecule has 0 amide bonds. The molecule has 5 heteroatoms. The first-order valence-corrected chi connectivity index (χ1v) is 7.20. The predicted octanol–water partition coefficient (Wildman–Crippen LogP) is 3.13. The average molecular weight is 302 g/mol. The summed E-state index contributed by atoms with van der Waals surface area (Å²) in [6.07, 6.45) is 0. The number of carbonyl (C=O) groups excluding carboxylic acids is 1. The Morgan fingerprint density at radius 1 is 1.32 bits per heavy atom. The molecule has 5 nitrogen and oxygen atoms in total. The van der Waals surface area contributed by atoms with Gasteiger partial charge in [-0.2, -0.15) is 0 Å². The molecule has 0 unspecified atom stereocenters. The van der Waals surface area contributed by atoms with Gasteiger partial charge in [-0.1, -0.05) is 5.16 Å². The van der Waals surface area contributed by atoms with Crippen LogP contribution in [-0.4, -0.2) is 30.0 Å². The summed E-state index contributed by atoms with van der Waals surface area (Å²) in [6, 6.07) is 5.53. The number of nitrogens with zero attached hydrogens (tertiary/aromatic N) is 2. The quantitative estimate of drug-likeness (QED) is 0.767. The summed E-state index contributed by atoms with van der Waals surface area (Å²) in [7, 11) is 3.66. The molecule has 0 aliphatic carbocycles. The van der Waals surface area contributed by atoms with Gasteiger partial charge >= 0.3 is 0 Å². The van der Waals surface area contributed by atoms with Gasteiger partial charge in [0.15, 0.2) is 5.78 Å². The molecule has 0 radical (unpaired) electrons. The summed E-state index contributed by atoms with van der Waals surface area (Å²) in [5.41, 5.74) is 3.70. The third-order valence-corrected chi connectivity index (χ3v) is 3.74. The van der Waals surface area contributed by atoms with Crippen molar-refractivity contribution in [3.05, 3.63) is 46.3 Å². The summed E-state index contributed by atoms with van der Waals surface area (Å²) in [5.74, 6) is 1.68. The Labute approximate surface area is 130 Å². The summed E-state index contributed by atoms with van der Waals surface area (Å²) in [6.45, 7) is 6.83. The van der Waals surface area contributed by atoms with Crippen molar-refractivity contribution in [1.82, 2.24) is 10.1 Å². The SMILES string of the molecule is COc1ccc(C(C)=O)cc1CN(C)Cc1c(C)noc1C. The van der Waals surface area contributed by atoms with Crippen LogP contribution >= 0.6 is 0 Å². The molecule has 2 rings (SSSR count). The van der Waals surface area contributed by atoms with Gasteiger partial charge in [0, 0.05) is 29.8 Å². The highest BCUT2D eigenvalue weighted by Gasteiger charge is 2.14. The van der Waals surface area contributed by atoms with Gasteiger partial charge < -0.3 is 9.26 Å². The van der Waals surface area contributed by atoms with Crippen molar-refractivity contribution in [3.8, 4) is 5.75 Å². The first kappa shape index (κ1) is 16.2. The van der Waals surface area contributed by atoms with Gasteiger partial charge in [0.05, 0.1) is 12.8 Å². The number of aromatic nitrogens is 1. The van der Waals surface area contributed by atoms with E-state index in [0.29, 0.717) is 12.1 Å². The second-order valence-electron chi connectivity index (χ2n) is 5.56. The normalized spacial score (nSPS) is 11.0. The van der Waals surface area contributed by atoms with E-state index in [1.807, 2.05) is 33.0 Å². The highest BCUT2D eigenvalue weighted by atomic mass is 16.5. The lowest BCUT2D eigenvalue weighted by Gasteiger charge is -2.19. The maximum Gasteiger partial charge on any atom is 0.159 e. The predicted molar refractivity (Wildman–Crippen MR) is 84.1 cm³/mol. The lowest BCUT2D eigenvalue weighted by Crippen LogP contribution is -2.18. The standard InChI is InChI=1S/C17H22N2O3/c1-11-16(13(3)22-18-11)10-19(4)9-15-8-14(12(2)20)6-7-17(15)21-5/h6-8H,9-10H2,1-5H3. The minimum absolute atomic E-state index is 0.0530. The van der Waals surface area contributed by atoms with Gasteiger partial charge in [-0.3, -0.25) is 9.69 Å². The van der Waals surface area contributed by atoms with Gasteiger partial charge in [0.2, 0.25) is 0 Å². The van der Waals surface area contributed by atoms with Crippen molar-refractivity contribution in [1.29, 1.82) is 0 Å². The summed E-state index contributed by atoms with van der Waals surface area (Å²) < 4.78 is 10.6. The maximum atomic E-state index is 11.6. The molecule has 1 heterocycles. The fourth-order valence-corrected chi connectivity index (χ4v) is 2.47. The van der Waals surface area contributed by atoms with E-state index in [1.54, 1.807) is 20.1 Å². The molecule has 0 fully saturated rings. The average Bonchev–Trinajstić information content (AvgIpc) is 2.79. The summed E-state index contributed by atoms with van der Waals surface area (Å²) >= 11 is 0. The van der Waals surface area contributed by atoms with E-state index in [9.17, 15) is 4.79 Å². The van der Waals surface area contributed by atoms with E-state index in [2.05, 4.69) is 10.1 Å². The molecule has 22 heavy (non-hydrogen) atoms. The smallest absolute Gasteiger partial charge is 0.159 e. The molecular formula is C17H22N2O3. The van der Waals surface area contributed by atoms with Gasteiger partial charge in [0.25, 0.3) is 0 Å². The lowest BCUT2D eigenvalue weighted by molar-refractivity contribution is 0.101. The molecule has 118 valence electrons.